The molecule has 0 saturated heterocycles. The van der Waals surface area contributed by atoms with Crippen molar-refractivity contribution in [1.29, 1.82) is 10.5 Å². The lowest BCUT2D eigenvalue weighted by atomic mass is 9.95. The van der Waals surface area contributed by atoms with Crippen molar-refractivity contribution in [3.05, 3.63) is 64.7 Å². The number of ether oxygens (including phenoxy) is 1. The Hall–Kier alpha value is -3.85. The molecule has 0 radical (unpaired) electrons. The number of anilines is 1. The van der Waals surface area contributed by atoms with Crippen LogP contribution in [0.25, 0.3) is 6.08 Å². The number of allylic oxidation sites excluding steroid dienone is 1. The topological polar surface area (TPSA) is 136 Å². The number of benzene rings is 2. The summed E-state index contributed by atoms with van der Waals surface area (Å²) in [6.07, 6.45) is 0.802. The van der Waals surface area contributed by atoms with Gasteiger partial charge < -0.3 is 15.6 Å². The van der Waals surface area contributed by atoms with Crippen molar-refractivity contribution in [3.63, 3.8) is 0 Å². The first-order valence-corrected chi connectivity index (χ1v) is 9.16. The van der Waals surface area contributed by atoms with Crippen LogP contribution in [0.4, 0.5) is 5.69 Å². The van der Waals surface area contributed by atoms with E-state index >= 15 is 0 Å². The highest BCUT2D eigenvalue weighted by molar-refractivity contribution is 6.32. The van der Waals surface area contributed by atoms with Crippen molar-refractivity contribution in [2.24, 2.45) is 16.8 Å². The summed E-state index contributed by atoms with van der Waals surface area (Å²) in [4.78, 5) is 10.6. The molecule has 2 aromatic carbocycles. The fourth-order valence-corrected chi connectivity index (χ4v) is 3.15. The number of hydrazone groups is 1. The molecular formula is C21H16ClN5O3. The van der Waals surface area contributed by atoms with Gasteiger partial charge in [0, 0.05) is 0 Å². The second kappa shape index (κ2) is 9.10. The standard InChI is InChI=1S/C21H16ClN5O3/c22-17-9-13(6-7-18(17)30-12-19(28)29)8-14(10-23)20-16(11-24)21(25)27(26-20)15-4-2-1-3-5-15/h1-9,16,21H,12,25H2,(H,28,29)/b14-8-/t16-,21-/m1/s1. The Balaban J connectivity index is 1.93. The second-order valence-electron chi connectivity index (χ2n) is 6.30. The summed E-state index contributed by atoms with van der Waals surface area (Å²) in [6, 6.07) is 18.0. The van der Waals surface area contributed by atoms with Gasteiger partial charge in [-0.1, -0.05) is 35.9 Å². The Morgan fingerprint density at radius 1 is 1.30 bits per heavy atom. The molecule has 0 bridgehead atoms. The van der Waals surface area contributed by atoms with E-state index in [1.807, 2.05) is 30.3 Å². The van der Waals surface area contributed by atoms with Gasteiger partial charge in [-0.25, -0.2) is 9.80 Å². The van der Waals surface area contributed by atoms with E-state index in [0.29, 0.717) is 11.3 Å². The molecule has 2 atom stereocenters. The van der Waals surface area contributed by atoms with Gasteiger partial charge in [0.2, 0.25) is 0 Å². The number of carbonyl (C=O) groups is 1. The lowest BCUT2D eigenvalue weighted by Crippen LogP contribution is -2.40. The molecule has 9 heteroatoms. The molecule has 0 amide bonds. The van der Waals surface area contributed by atoms with Gasteiger partial charge in [-0.2, -0.15) is 15.6 Å². The molecule has 0 aromatic heterocycles. The molecule has 2 aromatic rings. The normalized spacial score (nSPS) is 18.3. The summed E-state index contributed by atoms with van der Waals surface area (Å²) in [7, 11) is 0. The van der Waals surface area contributed by atoms with E-state index in [9.17, 15) is 15.3 Å². The molecule has 1 aliphatic heterocycles. The summed E-state index contributed by atoms with van der Waals surface area (Å²) >= 11 is 6.14. The van der Waals surface area contributed by atoms with Crippen LogP contribution in [0.1, 0.15) is 5.56 Å². The van der Waals surface area contributed by atoms with Gasteiger partial charge in [-0.15, -0.1) is 0 Å². The third-order valence-electron chi connectivity index (χ3n) is 4.31. The Morgan fingerprint density at radius 3 is 2.63 bits per heavy atom. The van der Waals surface area contributed by atoms with Crippen LogP contribution in [-0.4, -0.2) is 29.6 Å². The van der Waals surface area contributed by atoms with E-state index in [1.54, 1.807) is 6.07 Å². The Labute approximate surface area is 177 Å². The van der Waals surface area contributed by atoms with Crippen LogP contribution in [0.2, 0.25) is 5.02 Å². The predicted octanol–water partition coefficient (Wildman–Crippen LogP) is 3.01. The number of hydrogen-bond donors (Lipinski definition) is 2. The van der Waals surface area contributed by atoms with Crippen LogP contribution < -0.4 is 15.5 Å². The second-order valence-corrected chi connectivity index (χ2v) is 6.71. The van der Waals surface area contributed by atoms with Crippen molar-refractivity contribution in [2.75, 3.05) is 11.6 Å². The maximum atomic E-state index is 10.6. The minimum Gasteiger partial charge on any atom is -0.480 e. The highest BCUT2D eigenvalue weighted by atomic mass is 35.5. The minimum atomic E-state index is -1.12. The largest absolute Gasteiger partial charge is 0.480 e. The van der Waals surface area contributed by atoms with Crippen LogP contribution in [-0.2, 0) is 4.79 Å². The average molecular weight is 422 g/mol. The third kappa shape index (κ3) is 4.41. The van der Waals surface area contributed by atoms with Gasteiger partial charge in [-0.3, -0.25) is 0 Å². The van der Waals surface area contributed by atoms with Crippen molar-refractivity contribution < 1.29 is 14.6 Å². The zero-order chi connectivity index (χ0) is 21.7. The fraction of sp³-hybridized carbons (Fsp3) is 0.143. The molecule has 1 aliphatic rings. The SMILES string of the molecule is N#C/C(=C/c1ccc(OCC(=O)O)c(Cl)c1)C1=NN(c2ccccc2)[C@@H](N)[C@@H]1C#N. The number of nitrogens with zero attached hydrogens (tertiary/aromatic N) is 4. The first-order valence-electron chi connectivity index (χ1n) is 8.79. The van der Waals surface area contributed by atoms with Crippen molar-refractivity contribution in [3.8, 4) is 17.9 Å². The summed E-state index contributed by atoms with van der Waals surface area (Å²) in [5.74, 6) is -1.72. The summed E-state index contributed by atoms with van der Waals surface area (Å²) in [5.41, 5.74) is 7.91. The van der Waals surface area contributed by atoms with E-state index in [4.69, 9.17) is 27.2 Å². The highest BCUT2D eigenvalue weighted by Gasteiger charge is 2.37. The fourth-order valence-electron chi connectivity index (χ4n) is 2.91. The molecule has 150 valence electrons. The van der Waals surface area contributed by atoms with Crippen LogP contribution in [0.3, 0.4) is 0 Å². The van der Waals surface area contributed by atoms with Crippen molar-refractivity contribution in [1.82, 2.24) is 0 Å². The third-order valence-corrected chi connectivity index (χ3v) is 4.60. The highest BCUT2D eigenvalue weighted by Crippen LogP contribution is 2.30. The van der Waals surface area contributed by atoms with Gasteiger partial charge in [0.05, 0.1) is 28.1 Å². The summed E-state index contributed by atoms with van der Waals surface area (Å²) in [5, 5.41) is 34.1. The van der Waals surface area contributed by atoms with Crippen LogP contribution in [0.5, 0.6) is 5.75 Å². The quantitative estimate of drug-likeness (QED) is 0.684. The van der Waals surface area contributed by atoms with Crippen LogP contribution in [0, 0.1) is 28.6 Å². The molecule has 0 unspecified atom stereocenters. The molecule has 30 heavy (non-hydrogen) atoms. The lowest BCUT2D eigenvalue weighted by molar-refractivity contribution is -0.139. The first kappa shape index (κ1) is 20.9. The molecule has 3 N–H and O–H groups in total. The van der Waals surface area contributed by atoms with Gasteiger partial charge in [0.1, 0.15) is 23.9 Å². The molecule has 1 heterocycles. The number of hydrogen-bond acceptors (Lipinski definition) is 7. The number of nitriles is 2. The molecular weight excluding hydrogens is 406 g/mol. The maximum absolute atomic E-state index is 10.6. The van der Waals surface area contributed by atoms with Crippen LogP contribution >= 0.6 is 11.6 Å². The monoisotopic (exact) mass is 421 g/mol. The Kier molecular flexibility index (Phi) is 6.33. The number of carboxylic acid groups (broad SMARTS) is 1. The van der Waals surface area contributed by atoms with Crippen LogP contribution in [0.15, 0.2) is 59.2 Å². The number of nitrogens with two attached hydrogens (primary N) is 1. The van der Waals surface area contributed by atoms with E-state index in [1.165, 1.54) is 23.2 Å². The summed E-state index contributed by atoms with van der Waals surface area (Å²) < 4.78 is 5.09. The zero-order valence-corrected chi connectivity index (χ0v) is 16.3. The Bertz CT molecular complexity index is 1100. The average Bonchev–Trinajstić information content (AvgIpc) is 3.08. The molecule has 0 spiro atoms. The van der Waals surface area contributed by atoms with Crippen molar-refractivity contribution >= 4 is 35.0 Å². The smallest absolute Gasteiger partial charge is 0.341 e. The number of carboxylic acids is 1. The van der Waals surface area contributed by atoms with Gasteiger partial charge in [0.15, 0.2) is 6.61 Å². The lowest BCUT2D eigenvalue weighted by Gasteiger charge is -2.21. The zero-order valence-electron chi connectivity index (χ0n) is 15.6. The minimum absolute atomic E-state index is 0.172. The molecule has 0 fully saturated rings. The maximum Gasteiger partial charge on any atom is 0.341 e. The molecule has 3 rings (SSSR count). The molecule has 0 aliphatic carbocycles. The number of para-hydroxylation sites is 1. The van der Waals surface area contributed by atoms with Crippen molar-refractivity contribution in [2.45, 2.75) is 6.17 Å². The Morgan fingerprint density at radius 2 is 2.03 bits per heavy atom. The number of rotatable bonds is 6. The molecule has 0 saturated carbocycles. The number of halogens is 1. The first-order chi connectivity index (χ1) is 14.4. The van der Waals surface area contributed by atoms with Gasteiger partial charge >= 0.3 is 5.97 Å². The van der Waals surface area contributed by atoms with E-state index < -0.39 is 24.7 Å². The van der Waals surface area contributed by atoms with E-state index in [2.05, 4.69) is 17.2 Å². The molecule has 8 nitrogen and oxygen atoms in total. The van der Waals surface area contributed by atoms with E-state index in [-0.39, 0.29) is 22.1 Å². The van der Waals surface area contributed by atoms with Gasteiger partial charge in [-0.05, 0) is 35.9 Å². The predicted molar refractivity (Wildman–Crippen MR) is 112 cm³/mol. The van der Waals surface area contributed by atoms with E-state index in [0.717, 1.165) is 0 Å². The summed E-state index contributed by atoms with van der Waals surface area (Å²) in [6.45, 7) is -0.522. The van der Waals surface area contributed by atoms with Gasteiger partial charge in [0.25, 0.3) is 0 Å². The number of aliphatic carboxylic acids is 1.